The smallest absolute Gasteiger partial charge is 0.338 e. The molecule has 0 aliphatic carbocycles. The molecular weight excluding hydrogens is 380 g/mol. The Morgan fingerprint density at radius 3 is 2.56 bits per heavy atom. The fourth-order valence-electron chi connectivity index (χ4n) is 3.23. The molecule has 0 radical (unpaired) electrons. The molecule has 0 unspecified atom stereocenters. The summed E-state index contributed by atoms with van der Waals surface area (Å²) >= 11 is 3.13. The summed E-state index contributed by atoms with van der Waals surface area (Å²) in [6.07, 6.45) is 2.50. The van der Waals surface area contributed by atoms with E-state index in [1.165, 1.54) is 11.8 Å². The lowest BCUT2D eigenvalue weighted by Gasteiger charge is -2.33. The topological polar surface area (TPSA) is 59.0 Å². The zero-order valence-corrected chi connectivity index (χ0v) is 17.8. The predicted molar refractivity (Wildman–Crippen MR) is 111 cm³/mol. The van der Waals surface area contributed by atoms with E-state index in [-0.39, 0.29) is 17.3 Å². The molecule has 1 amide bonds. The molecule has 144 valence electrons. The highest BCUT2D eigenvalue weighted by molar-refractivity contribution is 8.15. The second-order valence-corrected chi connectivity index (χ2v) is 8.80. The zero-order chi connectivity index (χ0) is 19.7. The van der Waals surface area contributed by atoms with Gasteiger partial charge in [-0.25, -0.2) is 9.79 Å². The molecule has 27 heavy (non-hydrogen) atoms. The molecule has 0 N–H and O–H groups in total. The molecule has 5 nitrogen and oxygen atoms in total. The third kappa shape index (κ3) is 3.80. The third-order valence-corrected chi connectivity index (χ3v) is 6.58. The van der Waals surface area contributed by atoms with E-state index in [2.05, 4.69) is 4.99 Å². The van der Waals surface area contributed by atoms with Crippen LogP contribution in [0.25, 0.3) is 0 Å². The van der Waals surface area contributed by atoms with E-state index < -0.39 is 12.0 Å². The van der Waals surface area contributed by atoms with Crippen LogP contribution in [0.2, 0.25) is 0 Å². The summed E-state index contributed by atoms with van der Waals surface area (Å²) in [7, 11) is 0. The van der Waals surface area contributed by atoms with E-state index in [0.29, 0.717) is 16.4 Å². The van der Waals surface area contributed by atoms with E-state index in [1.807, 2.05) is 58.2 Å². The molecule has 0 aromatic heterocycles. The lowest BCUT2D eigenvalue weighted by atomic mass is 9.94. The standard InChI is InChI=1S/C20H24N2O3S2/c1-6-15-18(23)22-17(13-7-9-14(26-5)10-8-13)16(19(24)25-11(2)3)12(4)21-20(22)27-15/h7-11,15,17H,6H2,1-5H3/t15-,17+/m1/s1. The SMILES string of the molecule is CC[C@H]1SC2=NC(C)=C(C(=O)OC(C)C)[C@H](c3ccc(SC)cc3)N2C1=O. The minimum Gasteiger partial charge on any atom is -0.459 e. The van der Waals surface area contributed by atoms with E-state index >= 15 is 0 Å². The maximum absolute atomic E-state index is 13.0. The summed E-state index contributed by atoms with van der Waals surface area (Å²) in [5.74, 6) is -0.412. The maximum atomic E-state index is 13.0. The Morgan fingerprint density at radius 2 is 2.00 bits per heavy atom. The number of rotatable bonds is 5. The number of hydrogen-bond donors (Lipinski definition) is 0. The number of esters is 1. The molecule has 1 fully saturated rings. The van der Waals surface area contributed by atoms with Crippen LogP contribution >= 0.6 is 23.5 Å². The average Bonchev–Trinajstić information content (AvgIpc) is 2.95. The number of allylic oxidation sites excluding steroid dienone is 1. The highest BCUT2D eigenvalue weighted by Crippen LogP contribution is 2.44. The van der Waals surface area contributed by atoms with E-state index in [1.54, 1.807) is 16.7 Å². The predicted octanol–water partition coefficient (Wildman–Crippen LogP) is 4.40. The van der Waals surface area contributed by atoms with Crippen molar-refractivity contribution in [2.24, 2.45) is 4.99 Å². The highest BCUT2D eigenvalue weighted by Gasteiger charge is 2.47. The van der Waals surface area contributed by atoms with Crippen LogP contribution in [0.15, 0.2) is 45.4 Å². The molecule has 2 heterocycles. The van der Waals surface area contributed by atoms with Crippen LogP contribution in [-0.2, 0) is 14.3 Å². The monoisotopic (exact) mass is 404 g/mol. The summed E-state index contributed by atoms with van der Waals surface area (Å²) in [6, 6.07) is 7.48. The first-order valence-corrected chi connectivity index (χ1v) is 11.1. The summed E-state index contributed by atoms with van der Waals surface area (Å²) in [5, 5.41) is 0.509. The highest BCUT2D eigenvalue weighted by atomic mass is 32.2. The van der Waals surface area contributed by atoms with E-state index in [4.69, 9.17) is 4.74 Å². The van der Waals surface area contributed by atoms with Crippen molar-refractivity contribution in [1.29, 1.82) is 0 Å². The van der Waals surface area contributed by atoms with Crippen LogP contribution in [0.1, 0.15) is 45.7 Å². The van der Waals surface area contributed by atoms with Crippen LogP contribution in [-0.4, -0.2) is 39.6 Å². The molecule has 7 heteroatoms. The number of hydrogen-bond acceptors (Lipinski definition) is 6. The van der Waals surface area contributed by atoms with Gasteiger partial charge >= 0.3 is 5.97 Å². The van der Waals surface area contributed by atoms with Gasteiger partial charge in [-0.05, 0) is 51.1 Å². The molecule has 1 aromatic carbocycles. The minimum absolute atomic E-state index is 0.00235. The van der Waals surface area contributed by atoms with Gasteiger partial charge in [0.25, 0.3) is 0 Å². The minimum atomic E-state index is -0.504. The van der Waals surface area contributed by atoms with Crippen LogP contribution < -0.4 is 0 Å². The van der Waals surface area contributed by atoms with Gasteiger partial charge in [0.1, 0.15) is 0 Å². The Balaban J connectivity index is 2.10. The largest absolute Gasteiger partial charge is 0.459 e. The van der Waals surface area contributed by atoms with Crippen molar-refractivity contribution < 1.29 is 14.3 Å². The molecule has 1 aromatic rings. The maximum Gasteiger partial charge on any atom is 0.338 e. The van der Waals surface area contributed by atoms with Gasteiger partial charge in [0.05, 0.1) is 28.7 Å². The lowest BCUT2D eigenvalue weighted by Crippen LogP contribution is -2.41. The van der Waals surface area contributed by atoms with Gasteiger partial charge in [-0.1, -0.05) is 30.8 Å². The van der Waals surface area contributed by atoms with Crippen LogP contribution in [0.5, 0.6) is 0 Å². The van der Waals surface area contributed by atoms with Gasteiger partial charge in [-0.2, -0.15) is 0 Å². The van der Waals surface area contributed by atoms with Crippen LogP contribution in [0.4, 0.5) is 0 Å². The Hall–Kier alpha value is -1.73. The Morgan fingerprint density at radius 1 is 1.33 bits per heavy atom. The van der Waals surface area contributed by atoms with Crippen molar-refractivity contribution >= 4 is 40.6 Å². The molecular formula is C20H24N2O3S2. The molecule has 0 spiro atoms. The molecule has 3 rings (SSSR count). The van der Waals surface area contributed by atoms with Crippen molar-refractivity contribution in [3.63, 3.8) is 0 Å². The second-order valence-electron chi connectivity index (χ2n) is 6.75. The summed E-state index contributed by atoms with van der Waals surface area (Å²) < 4.78 is 5.48. The normalized spacial score (nSPS) is 22.2. The Labute approximate surface area is 168 Å². The number of nitrogens with zero attached hydrogens (tertiary/aromatic N) is 2. The van der Waals surface area contributed by atoms with E-state index in [0.717, 1.165) is 16.9 Å². The molecule has 2 aliphatic heterocycles. The number of thioether (sulfide) groups is 2. The fraction of sp³-hybridized carbons (Fsp3) is 0.450. The number of carbonyl (C=O) groups excluding carboxylic acids is 2. The van der Waals surface area contributed by atoms with Crippen LogP contribution in [0.3, 0.4) is 0 Å². The van der Waals surface area contributed by atoms with Crippen molar-refractivity contribution in [3.8, 4) is 0 Å². The van der Waals surface area contributed by atoms with Crippen molar-refractivity contribution in [2.75, 3.05) is 6.26 Å². The van der Waals surface area contributed by atoms with Crippen LogP contribution in [0, 0.1) is 0 Å². The van der Waals surface area contributed by atoms with Gasteiger partial charge in [0.2, 0.25) is 5.91 Å². The summed E-state index contributed by atoms with van der Waals surface area (Å²) in [6.45, 7) is 7.44. The Kier molecular flexibility index (Phi) is 6.01. The van der Waals surface area contributed by atoms with Gasteiger partial charge in [-0.15, -0.1) is 11.8 Å². The molecule has 2 atom stereocenters. The summed E-state index contributed by atoms with van der Waals surface area (Å²) in [5.41, 5.74) is 1.94. The number of carbonyl (C=O) groups is 2. The van der Waals surface area contributed by atoms with E-state index in [9.17, 15) is 9.59 Å². The first kappa shape index (κ1) is 20.0. The Bertz CT molecular complexity index is 815. The third-order valence-electron chi connectivity index (χ3n) is 4.52. The van der Waals surface area contributed by atoms with Crippen molar-refractivity contribution in [2.45, 2.75) is 56.4 Å². The van der Waals surface area contributed by atoms with Gasteiger partial charge in [-0.3, -0.25) is 9.69 Å². The number of benzene rings is 1. The second kappa shape index (κ2) is 8.10. The fourth-order valence-corrected chi connectivity index (χ4v) is 4.77. The van der Waals surface area contributed by atoms with Gasteiger partial charge < -0.3 is 4.74 Å². The first-order valence-electron chi connectivity index (χ1n) is 9.01. The van der Waals surface area contributed by atoms with Crippen molar-refractivity contribution in [1.82, 2.24) is 4.90 Å². The average molecular weight is 405 g/mol. The number of fused-ring (bicyclic) bond motifs is 1. The molecule has 2 aliphatic rings. The zero-order valence-electron chi connectivity index (χ0n) is 16.2. The number of amides is 1. The molecule has 0 bridgehead atoms. The molecule has 0 saturated carbocycles. The van der Waals surface area contributed by atoms with Crippen molar-refractivity contribution in [3.05, 3.63) is 41.1 Å². The van der Waals surface area contributed by atoms with Gasteiger partial charge in [0.15, 0.2) is 5.17 Å². The molecule has 1 saturated heterocycles. The number of aliphatic imine (C=N–C) groups is 1. The number of amidine groups is 1. The first-order chi connectivity index (χ1) is 12.9. The quantitative estimate of drug-likeness (QED) is 0.538. The number of ether oxygens (including phenoxy) is 1. The summed E-state index contributed by atoms with van der Waals surface area (Å²) in [4.78, 5) is 33.3. The van der Waals surface area contributed by atoms with Gasteiger partial charge in [0, 0.05) is 4.90 Å². The lowest BCUT2D eigenvalue weighted by molar-refractivity contribution is -0.143.